The third-order valence-electron chi connectivity index (χ3n) is 2.50. The van der Waals surface area contributed by atoms with E-state index in [1.165, 1.54) is 6.07 Å². The van der Waals surface area contributed by atoms with Gasteiger partial charge in [0, 0.05) is 16.4 Å². The lowest BCUT2D eigenvalue weighted by atomic mass is 9.96. The van der Waals surface area contributed by atoms with E-state index in [2.05, 4.69) is 0 Å². The highest BCUT2D eigenvalue weighted by atomic mass is 32.2. The van der Waals surface area contributed by atoms with E-state index in [0.717, 1.165) is 18.2 Å². The average molecular weight is 200 g/mol. The zero-order chi connectivity index (χ0) is 9.47. The fourth-order valence-corrected chi connectivity index (χ4v) is 2.68. The third-order valence-corrected chi connectivity index (χ3v) is 3.97. The summed E-state index contributed by atoms with van der Waals surface area (Å²) in [4.78, 5) is 0. The van der Waals surface area contributed by atoms with Crippen molar-refractivity contribution < 1.29 is 8.78 Å². The Balaban J connectivity index is 2.40. The van der Waals surface area contributed by atoms with E-state index >= 15 is 0 Å². The second-order valence-electron chi connectivity index (χ2n) is 3.45. The van der Waals surface area contributed by atoms with E-state index in [-0.39, 0.29) is 4.75 Å². The van der Waals surface area contributed by atoms with Crippen LogP contribution in [-0.4, -0.2) is 5.75 Å². The lowest BCUT2D eigenvalue weighted by molar-refractivity contribution is 0.531. The quantitative estimate of drug-likeness (QED) is 0.670. The maximum atomic E-state index is 13.3. The molecule has 0 saturated carbocycles. The molecule has 0 bridgehead atoms. The van der Waals surface area contributed by atoms with Gasteiger partial charge in [0.2, 0.25) is 0 Å². The Kier molecular flexibility index (Phi) is 2.06. The molecule has 0 aromatic heterocycles. The van der Waals surface area contributed by atoms with Crippen LogP contribution < -0.4 is 0 Å². The van der Waals surface area contributed by atoms with E-state index in [9.17, 15) is 8.78 Å². The first kappa shape index (κ1) is 9.00. The van der Waals surface area contributed by atoms with Gasteiger partial charge in [-0.3, -0.25) is 0 Å². The van der Waals surface area contributed by atoms with Crippen LogP contribution in [0.2, 0.25) is 0 Å². The number of thioether (sulfide) groups is 1. The lowest BCUT2D eigenvalue weighted by Gasteiger charge is -2.38. The van der Waals surface area contributed by atoms with Gasteiger partial charge in [-0.2, -0.15) is 11.8 Å². The van der Waals surface area contributed by atoms with Gasteiger partial charge >= 0.3 is 0 Å². The van der Waals surface area contributed by atoms with Crippen LogP contribution in [0.3, 0.4) is 0 Å². The van der Waals surface area contributed by atoms with Gasteiger partial charge in [-0.25, -0.2) is 8.78 Å². The molecular weight excluding hydrogens is 190 g/mol. The van der Waals surface area contributed by atoms with Crippen LogP contribution in [-0.2, 0) is 4.75 Å². The van der Waals surface area contributed by atoms with Crippen molar-refractivity contribution in [3.63, 3.8) is 0 Å². The zero-order valence-corrected chi connectivity index (χ0v) is 8.13. The summed E-state index contributed by atoms with van der Waals surface area (Å²) in [5.41, 5.74) is 0.630. The van der Waals surface area contributed by atoms with Gasteiger partial charge in [-0.15, -0.1) is 0 Å². The molecule has 0 amide bonds. The van der Waals surface area contributed by atoms with Crippen LogP contribution in [0.1, 0.15) is 18.9 Å². The van der Waals surface area contributed by atoms with Gasteiger partial charge in [0.15, 0.2) is 0 Å². The van der Waals surface area contributed by atoms with Crippen LogP contribution in [0.5, 0.6) is 0 Å². The summed E-state index contributed by atoms with van der Waals surface area (Å²) >= 11 is 1.72. The predicted octanol–water partition coefficient (Wildman–Crippen LogP) is 3.32. The second kappa shape index (κ2) is 2.98. The minimum absolute atomic E-state index is 0.127. The molecule has 1 aromatic rings. The molecule has 1 heterocycles. The van der Waals surface area contributed by atoms with Crippen LogP contribution in [0, 0.1) is 11.6 Å². The SMILES string of the molecule is CC1(c2ccc(F)cc2F)CCS1. The van der Waals surface area contributed by atoms with Crippen LogP contribution in [0.25, 0.3) is 0 Å². The fraction of sp³-hybridized carbons (Fsp3) is 0.400. The summed E-state index contributed by atoms with van der Waals surface area (Å²) in [5.74, 6) is 0.136. The van der Waals surface area contributed by atoms with Gasteiger partial charge < -0.3 is 0 Å². The van der Waals surface area contributed by atoms with Crippen molar-refractivity contribution in [1.82, 2.24) is 0 Å². The highest BCUT2D eigenvalue weighted by molar-refractivity contribution is 8.01. The van der Waals surface area contributed by atoms with Crippen molar-refractivity contribution in [3.05, 3.63) is 35.4 Å². The molecule has 1 fully saturated rings. The maximum Gasteiger partial charge on any atom is 0.130 e. The zero-order valence-electron chi connectivity index (χ0n) is 7.31. The van der Waals surface area contributed by atoms with Crippen LogP contribution in [0.4, 0.5) is 8.78 Å². The molecule has 0 N–H and O–H groups in total. The molecular formula is C10H10F2S. The topological polar surface area (TPSA) is 0 Å². The molecule has 70 valence electrons. The Morgan fingerprint density at radius 3 is 2.54 bits per heavy atom. The molecule has 1 aromatic carbocycles. The van der Waals surface area contributed by atoms with Crippen molar-refractivity contribution >= 4 is 11.8 Å². The standard InChI is InChI=1S/C10H10F2S/c1-10(4-5-13-10)8-3-2-7(11)6-9(8)12/h2-3,6H,4-5H2,1H3. The first-order valence-corrected chi connectivity index (χ1v) is 5.20. The lowest BCUT2D eigenvalue weighted by Crippen LogP contribution is -2.28. The number of rotatable bonds is 1. The van der Waals surface area contributed by atoms with Gasteiger partial charge in [-0.1, -0.05) is 6.07 Å². The van der Waals surface area contributed by atoms with Crippen molar-refractivity contribution in [2.45, 2.75) is 18.1 Å². The molecule has 2 rings (SSSR count). The van der Waals surface area contributed by atoms with Crippen LogP contribution >= 0.6 is 11.8 Å². The minimum Gasteiger partial charge on any atom is -0.207 e. The summed E-state index contributed by atoms with van der Waals surface area (Å²) in [6.07, 6.45) is 0.972. The summed E-state index contributed by atoms with van der Waals surface area (Å²) in [7, 11) is 0. The molecule has 0 spiro atoms. The molecule has 13 heavy (non-hydrogen) atoms. The Morgan fingerprint density at radius 1 is 1.38 bits per heavy atom. The van der Waals surface area contributed by atoms with Crippen molar-refractivity contribution in [3.8, 4) is 0 Å². The van der Waals surface area contributed by atoms with Gasteiger partial charge in [0.25, 0.3) is 0 Å². The van der Waals surface area contributed by atoms with Crippen molar-refractivity contribution in [2.24, 2.45) is 0 Å². The summed E-state index contributed by atoms with van der Waals surface area (Å²) in [5, 5.41) is 0. The van der Waals surface area contributed by atoms with E-state index in [4.69, 9.17) is 0 Å². The first-order chi connectivity index (χ1) is 6.12. The number of halogens is 2. The number of benzene rings is 1. The van der Waals surface area contributed by atoms with Gasteiger partial charge in [-0.05, 0) is 25.2 Å². The Morgan fingerprint density at radius 2 is 2.08 bits per heavy atom. The highest BCUT2D eigenvalue weighted by Crippen LogP contribution is 2.49. The molecule has 3 heteroatoms. The molecule has 0 nitrogen and oxygen atoms in total. The number of hydrogen-bond donors (Lipinski definition) is 0. The average Bonchev–Trinajstić information content (AvgIpc) is 2.00. The van der Waals surface area contributed by atoms with Gasteiger partial charge in [0.05, 0.1) is 0 Å². The number of hydrogen-bond acceptors (Lipinski definition) is 1. The predicted molar refractivity (Wildman–Crippen MR) is 50.8 cm³/mol. The Labute approximate surface area is 80.3 Å². The molecule has 0 aliphatic carbocycles. The normalized spacial score (nSPS) is 27.0. The smallest absolute Gasteiger partial charge is 0.130 e. The summed E-state index contributed by atoms with van der Waals surface area (Å²) in [6, 6.07) is 3.83. The maximum absolute atomic E-state index is 13.3. The minimum atomic E-state index is -0.505. The Hall–Kier alpha value is -0.570. The molecule has 1 atom stereocenters. The van der Waals surface area contributed by atoms with Crippen molar-refractivity contribution in [1.29, 1.82) is 0 Å². The van der Waals surface area contributed by atoms with Crippen molar-refractivity contribution in [2.75, 3.05) is 5.75 Å². The first-order valence-electron chi connectivity index (χ1n) is 4.21. The molecule has 1 aliphatic heterocycles. The van der Waals surface area contributed by atoms with Gasteiger partial charge in [0.1, 0.15) is 11.6 Å². The monoisotopic (exact) mass is 200 g/mol. The van der Waals surface area contributed by atoms with E-state index < -0.39 is 11.6 Å². The summed E-state index contributed by atoms with van der Waals surface area (Å²) in [6.45, 7) is 2.00. The third kappa shape index (κ3) is 1.46. The van der Waals surface area contributed by atoms with E-state index in [1.807, 2.05) is 6.92 Å². The largest absolute Gasteiger partial charge is 0.207 e. The molecule has 1 saturated heterocycles. The van der Waals surface area contributed by atoms with E-state index in [1.54, 1.807) is 17.8 Å². The fourth-order valence-electron chi connectivity index (χ4n) is 1.54. The second-order valence-corrected chi connectivity index (χ2v) is 5.05. The Bertz CT molecular complexity index is 332. The highest BCUT2D eigenvalue weighted by Gasteiger charge is 2.36. The summed E-state index contributed by atoms with van der Waals surface area (Å²) < 4.78 is 25.8. The molecule has 0 radical (unpaired) electrons. The van der Waals surface area contributed by atoms with Crippen LogP contribution in [0.15, 0.2) is 18.2 Å². The molecule has 1 unspecified atom stereocenters. The molecule has 1 aliphatic rings. The van der Waals surface area contributed by atoms with E-state index in [0.29, 0.717) is 5.56 Å².